The minimum Gasteiger partial charge on any atom is -0.326 e. The highest BCUT2D eigenvalue weighted by molar-refractivity contribution is 6.31. The third kappa shape index (κ3) is 4.64. The Balaban J connectivity index is 1.62. The predicted molar refractivity (Wildman–Crippen MR) is 97.2 cm³/mol. The predicted octanol–water partition coefficient (Wildman–Crippen LogP) is 4.65. The SMILES string of the molecule is O=C(Cc1c(F)cccc1Cl)Nc1ccc(Cc2ccncc2)cc1. The number of pyridine rings is 1. The van der Waals surface area contributed by atoms with E-state index in [0.29, 0.717) is 5.69 Å². The average Bonchev–Trinajstić information content (AvgIpc) is 2.61. The van der Waals surface area contributed by atoms with E-state index >= 15 is 0 Å². The van der Waals surface area contributed by atoms with Gasteiger partial charge in [-0.15, -0.1) is 0 Å². The van der Waals surface area contributed by atoms with Crippen molar-refractivity contribution in [3.8, 4) is 0 Å². The Morgan fingerprint density at radius 3 is 2.36 bits per heavy atom. The van der Waals surface area contributed by atoms with Gasteiger partial charge in [0.25, 0.3) is 0 Å². The number of carbonyl (C=O) groups excluding carboxylic acids is 1. The molecular weight excluding hydrogens is 339 g/mol. The Hall–Kier alpha value is -2.72. The fraction of sp³-hybridized carbons (Fsp3) is 0.100. The first kappa shape index (κ1) is 17.1. The molecule has 3 aromatic rings. The standard InChI is InChI=1S/C20H16ClFN2O/c21-18-2-1-3-19(22)17(18)13-20(25)24-16-6-4-14(5-7-16)12-15-8-10-23-11-9-15/h1-11H,12-13H2,(H,24,25). The maximum absolute atomic E-state index is 13.7. The van der Waals surface area contributed by atoms with Gasteiger partial charge in [-0.2, -0.15) is 0 Å². The molecular formula is C20H16ClFN2O. The molecule has 0 unspecified atom stereocenters. The number of benzene rings is 2. The largest absolute Gasteiger partial charge is 0.326 e. The van der Waals surface area contributed by atoms with Crippen LogP contribution in [0.5, 0.6) is 0 Å². The summed E-state index contributed by atoms with van der Waals surface area (Å²) in [6.45, 7) is 0. The van der Waals surface area contributed by atoms with Crippen LogP contribution >= 0.6 is 11.6 Å². The van der Waals surface area contributed by atoms with E-state index < -0.39 is 5.82 Å². The molecule has 1 N–H and O–H groups in total. The number of aromatic nitrogens is 1. The maximum Gasteiger partial charge on any atom is 0.228 e. The molecule has 3 rings (SSSR count). The Kier molecular flexibility index (Phi) is 5.41. The second-order valence-electron chi connectivity index (χ2n) is 5.65. The maximum atomic E-state index is 13.7. The first-order chi connectivity index (χ1) is 12.1. The topological polar surface area (TPSA) is 42.0 Å². The van der Waals surface area contributed by atoms with Gasteiger partial charge in [0.05, 0.1) is 6.42 Å². The molecule has 0 bridgehead atoms. The Morgan fingerprint density at radius 1 is 1.00 bits per heavy atom. The quantitative estimate of drug-likeness (QED) is 0.724. The van der Waals surface area contributed by atoms with Gasteiger partial charge in [0.1, 0.15) is 5.82 Å². The summed E-state index contributed by atoms with van der Waals surface area (Å²) in [5.41, 5.74) is 3.16. The van der Waals surface area contributed by atoms with E-state index in [1.165, 1.54) is 17.7 Å². The average molecular weight is 355 g/mol. The van der Waals surface area contributed by atoms with Crippen molar-refractivity contribution in [3.63, 3.8) is 0 Å². The highest BCUT2D eigenvalue weighted by atomic mass is 35.5. The van der Waals surface area contributed by atoms with Crippen LogP contribution in [0.15, 0.2) is 67.0 Å². The van der Waals surface area contributed by atoms with Crippen molar-refractivity contribution in [1.29, 1.82) is 0 Å². The van der Waals surface area contributed by atoms with E-state index in [0.717, 1.165) is 12.0 Å². The highest BCUT2D eigenvalue weighted by Crippen LogP contribution is 2.20. The lowest BCUT2D eigenvalue weighted by atomic mass is 10.1. The molecule has 5 heteroatoms. The van der Waals surface area contributed by atoms with Crippen molar-refractivity contribution < 1.29 is 9.18 Å². The number of anilines is 1. The summed E-state index contributed by atoms with van der Waals surface area (Å²) in [4.78, 5) is 16.1. The van der Waals surface area contributed by atoms with Crippen LogP contribution in [-0.2, 0) is 17.6 Å². The summed E-state index contributed by atoms with van der Waals surface area (Å²) in [6, 6.07) is 15.9. The summed E-state index contributed by atoms with van der Waals surface area (Å²) >= 11 is 5.95. The van der Waals surface area contributed by atoms with Crippen molar-refractivity contribution in [2.45, 2.75) is 12.8 Å². The van der Waals surface area contributed by atoms with Crippen LogP contribution < -0.4 is 5.32 Å². The van der Waals surface area contributed by atoms with Crippen LogP contribution in [0.2, 0.25) is 5.02 Å². The van der Waals surface area contributed by atoms with Crippen LogP contribution in [0.3, 0.4) is 0 Å². The van der Waals surface area contributed by atoms with Gasteiger partial charge in [0.2, 0.25) is 5.91 Å². The number of amides is 1. The summed E-state index contributed by atoms with van der Waals surface area (Å²) in [6.07, 6.45) is 4.21. The lowest BCUT2D eigenvalue weighted by Crippen LogP contribution is -2.15. The first-order valence-electron chi connectivity index (χ1n) is 7.82. The van der Waals surface area contributed by atoms with Gasteiger partial charge in [0.15, 0.2) is 0 Å². The van der Waals surface area contributed by atoms with Crippen molar-refractivity contribution in [2.75, 3.05) is 5.32 Å². The lowest BCUT2D eigenvalue weighted by Gasteiger charge is -2.08. The molecule has 126 valence electrons. The summed E-state index contributed by atoms with van der Waals surface area (Å²) in [5, 5.41) is 3.01. The third-order valence-electron chi connectivity index (χ3n) is 3.79. The molecule has 0 aliphatic carbocycles. The van der Waals surface area contributed by atoms with Gasteiger partial charge in [-0.3, -0.25) is 9.78 Å². The highest BCUT2D eigenvalue weighted by Gasteiger charge is 2.12. The van der Waals surface area contributed by atoms with Gasteiger partial charge < -0.3 is 5.32 Å². The number of carbonyl (C=O) groups is 1. The smallest absolute Gasteiger partial charge is 0.228 e. The number of rotatable bonds is 5. The Morgan fingerprint density at radius 2 is 1.68 bits per heavy atom. The zero-order chi connectivity index (χ0) is 17.6. The molecule has 0 radical (unpaired) electrons. The van der Waals surface area contributed by atoms with Crippen LogP contribution in [0.1, 0.15) is 16.7 Å². The van der Waals surface area contributed by atoms with Crippen molar-refractivity contribution in [3.05, 3.63) is 94.5 Å². The fourth-order valence-corrected chi connectivity index (χ4v) is 2.74. The van der Waals surface area contributed by atoms with Crippen LogP contribution in [-0.4, -0.2) is 10.9 Å². The molecule has 0 fully saturated rings. The van der Waals surface area contributed by atoms with E-state index in [-0.39, 0.29) is 22.9 Å². The molecule has 3 nitrogen and oxygen atoms in total. The lowest BCUT2D eigenvalue weighted by molar-refractivity contribution is -0.115. The van der Waals surface area contributed by atoms with Crippen LogP contribution in [0, 0.1) is 5.82 Å². The number of halogens is 2. The molecule has 0 aliphatic heterocycles. The molecule has 25 heavy (non-hydrogen) atoms. The van der Waals surface area contributed by atoms with Gasteiger partial charge in [-0.1, -0.05) is 29.8 Å². The van der Waals surface area contributed by atoms with E-state index in [9.17, 15) is 9.18 Å². The van der Waals surface area contributed by atoms with E-state index in [2.05, 4.69) is 10.3 Å². The van der Waals surface area contributed by atoms with Gasteiger partial charge in [-0.05, 0) is 53.9 Å². The van der Waals surface area contributed by atoms with Crippen LogP contribution in [0.4, 0.5) is 10.1 Å². The summed E-state index contributed by atoms with van der Waals surface area (Å²) in [5.74, 6) is -0.788. The monoisotopic (exact) mass is 354 g/mol. The number of nitrogens with zero attached hydrogens (tertiary/aromatic N) is 1. The van der Waals surface area contributed by atoms with E-state index in [1.807, 2.05) is 36.4 Å². The normalized spacial score (nSPS) is 10.5. The molecule has 0 saturated carbocycles. The third-order valence-corrected chi connectivity index (χ3v) is 4.15. The first-order valence-corrected chi connectivity index (χ1v) is 8.20. The molecule has 2 aromatic carbocycles. The van der Waals surface area contributed by atoms with Crippen LogP contribution in [0.25, 0.3) is 0 Å². The van der Waals surface area contributed by atoms with Gasteiger partial charge in [-0.25, -0.2) is 4.39 Å². The molecule has 0 spiro atoms. The minimum absolute atomic E-state index is 0.107. The minimum atomic E-state index is -0.477. The number of hydrogen-bond donors (Lipinski definition) is 1. The van der Waals surface area contributed by atoms with E-state index in [1.54, 1.807) is 18.5 Å². The molecule has 0 aliphatic rings. The Labute approximate surface area is 150 Å². The Bertz CT molecular complexity index is 846. The molecule has 0 saturated heterocycles. The molecule has 1 aromatic heterocycles. The van der Waals surface area contributed by atoms with Crippen molar-refractivity contribution in [1.82, 2.24) is 4.98 Å². The molecule has 1 heterocycles. The zero-order valence-electron chi connectivity index (χ0n) is 13.4. The fourth-order valence-electron chi connectivity index (χ4n) is 2.51. The van der Waals surface area contributed by atoms with Gasteiger partial charge >= 0.3 is 0 Å². The summed E-state index contributed by atoms with van der Waals surface area (Å²) in [7, 11) is 0. The number of nitrogens with one attached hydrogen (secondary N) is 1. The van der Waals surface area contributed by atoms with Gasteiger partial charge in [0, 0.05) is 28.7 Å². The summed E-state index contributed by atoms with van der Waals surface area (Å²) < 4.78 is 13.7. The second-order valence-corrected chi connectivity index (χ2v) is 6.06. The second kappa shape index (κ2) is 7.90. The molecule has 1 amide bonds. The van der Waals surface area contributed by atoms with E-state index in [4.69, 9.17) is 11.6 Å². The van der Waals surface area contributed by atoms with Crippen molar-refractivity contribution >= 4 is 23.2 Å². The number of hydrogen-bond acceptors (Lipinski definition) is 2. The zero-order valence-corrected chi connectivity index (χ0v) is 14.1. The molecule has 0 atom stereocenters. The van der Waals surface area contributed by atoms with Crippen molar-refractivity contribution in [2.24, 2.45) is 0 Å².